The fourth-order valence-electron chi connectivity index (χ4n) is 4.19. The van der Waals surface area contributed by atoms with Gasteiger partial charge in [0.2, 0.25) is 0 Å². The van der Waals surface area contributed by atoms with Crippen LogP contribution in [0, 0.1) is 45.9 Å². The average molecular weight is 736 g/mol. The average Bonchev–Trinajstić information content (AvgIpc) is 3.65. The van der Waals surface area contributed by atoms with Crippen molar-refractivity contribution in [3.63, 3.8) is 0 Å². The van der Waals surface area contributed by atoms with Crippen LogP contribution in [0.25, 0.3) is 28.2 Å². The number of rotatable bonds is 4. The van der Waals surface area contributed by atoms with Crippen molar-refractivity contribution >= 4 is 0 Å². The van der Waals surface area contributed by atoms with E-state index in [9.17, 15) is 0 Å². The van der Waals surface area contributed by atoms with E-state index in [0.29, 0.717) is 0 Å². The first-order valence-electron chi connectivity index (χ1n) is 13.3. The summed E-state index contributed by atoms with van der Waals surface area (Å²) in [6.45, 7) is 8.10. The minimum absolute atomic E-state index is 0. The first kappa shape index (κ1) is 32.3. The van der Waals surface area contributed by atoms with Gasteiger partial charge in [-0.25, -0.2) is 0 Å². The quantitative estimate of drug-likeness (QED) is 0.190. The summed E-state index contributed by atoms with van der Waals surface area (Å²) in [5, 5.41) is 4.39. The number of ether oxygens (including phenoxy) is 1. The zero-order chi connectivity index (χ0) is 29.4. The van der Waals surface area contributed by atoms with Crippen LogP contribution >= 0.6 is 0 Å². The Kier molecular flexibility index (Phi) is 11.6. The van der Waals surface area contributed by atoms with Crippen LogP contribution in [-0.4, -0.2) is 36.0 Å². The Morgan fingerprint density at radius 3 is 1.60 bits per heavy atom. The number of hydrogen-bond acceptors (Lipinski definition) is 4. The molecule has 6 rings (SSSR count). The maximum Gasteiger partial charge on any atom is 3.00 e. The van der Waals surface area contributed by atoms with Crippen molar-refractivity contribution < 1.29 is 24.8 Å². The summed E-state index contributed by atoms with van der Waals surface area (Å²) in [6.07, 6.45) is 3.65. The summed E-state index contributed by atoms with van der Waals surface area (Å²) < 4.78 is 11.1. The largest absolute Gasteiger partial charge is 3.00 e. The molecule has 6 aromatic rings. The van der Waals surface area contributed by atoms with Gasteiger partial charge in [0.1, 0.15) is 0 Å². The molecule has 0 radical (unpaired) electrons. The van der Waals surface area contributed by atoms with Crippen molar-refractivity contribution in [2.75, 3.05) is 7.11 Å². The van der Waals surface area contributed by atoms with E-state index in [4.69, 9.17) is 4.74 Å². The van der Waals surface area contributed by atoms with Crippen LogP contribution < -0.4 is 4.74 Å². The number of methoxy groups -OCH3 is 1. The maximum absolute atomic E-state index is 5.27. The Hall–Kier alpha value is -4.26. The topological polar surface area (TPSA) is 62.7 Å². The van der Waals surface area contributed by atoms with Crippen LogP contribution in [0.5, 0.6) is 5.75 Å². The Morgan fingerprint density at radius 1 is 0.690 bits per heavy atom. The smallest absolute Gasteiger partial charge is 0.552 e. The minimum atomic E-state index is 0. The summed E-state index contributed by atoms with van der Waals surface area (Å²) in [5.74, 6) is 0.781. The van der Waals surface area contributed by atoms with Gasteiger partial charge in [0.05, 0.1) is 25.5 Å². The van der Waals surface area contributed by atoms with Crippen molar-refractivity contribution in [2.45, 2.75) is 27.7 Å². The van der Waals surface area contributed by atoms with Gasteiger partial charge in [-0.05, 0) is 50.8 Å². The number of hydrogen-bond donors (Lipinski definition) is 0. The molecule has 0 aliphatic carbocycles. The normalized spacial score (nSPS) is 10.1. The Labute approximate surface area is 262 Å². The molecule has 0 aliphatic rings. The van der Waals surface area contributed by atoms with Gasteiger partial charge in [0.25, 0.3) is 0 Å². The number of benzene rings is 3. The molecule has 0 amide bonds. The summed E-state index contributed by atoms with van der Waals surface area (Å²) in [5.41, 5.74) is 9.41. The van der Waals surface area contributed by atoms with Crippen LogP contribution in [0.15, 0.2) is 85.5 Å². The van der Waals surface area contributed by atoms with E-state index >= 15 is 0 Å². The maximum atomic E-state index is 5.27. The minimum Gasteiger partial charge on any atom is -0.552 e. The molecule has 0 N–H and O–H groups in total. The second-order valence-corrected chi connectivity index (χ2v) is 9.56. The molecule has 0 bridgehead atoms. The SMILES string of the molecule is COc1ccc[c-]c1-n1nc(C)cc1C.Cc1c(-c2[c-]cccc2)ncn1C.Cc1c(-c2[c-]cccc2)ncn1C.[Ir+3]. The Bertz CT molecular complexity index is 1600. The van der Waals surface area contributed by atoms with E-state index in [2.05, 4.69) is 47.1 Å². The predicted octanol–water partition coefficient (Wildman–Crippen LogP) is 6.69. The first-order valence-corrected chi connectivity index (χ1v) is 13.3. The first-order chi connectivity index (χ1) is 19.8. The Balaban J connectivity index is 0.000000171. The van der Waals surface area contributed by atoms with Crippen LogP contribution in [0.1, 0.15) is 22.8 Å². The van der Waals surface area contributed by atoms with Gasteiger partial charge in [-0.1, -0.05) is 0 Å². The van der Waals surface area contributed by atoms with Gasteiger partial charge in [0, 0.05) is 36.9 Å². The molecule has 0 spiro atoms. The van der Waals surface area contributed by atoms with Gasteiger partial charge < -0.3 is 13.9 Å². The molecule has 216 valence electrons. The molecule has 8 heteroatoms. The molecule has 0 saturated heterocycles. The van der Waals surface area contributed by atoms with Crippen LogP contribution in [0.4, 0.5) is 0 Å². The van der Waals surface area contributed by atoms with Crippen molar-refractivity contribution in [2.24, 2.45) is 14.1 Å². The number of imidazole rings is 2. The molecular weight excluding hydrogens is 701 g/mol. The van der Waals surface area contributed by atoms with Crippen molar-refractivity contribution in [1.82, 2.24) is 28.9 Å². The van der Waals surface area contributed by atoms with Crippen molar-refractivity contribution in [1.29, 1.82) is 0 Å². The predicted molar refractivity (Wildman–Crippen MR) is 163 cm³/mol. The van der Waals surface area contributed by atoms with E-state index in [1.165, 1.54) is 11.4 Å². The number of aryl methyl sites for hydroxylation is 4. The third-order valence-corrected chi connectivity index (χ3v) is 6.63. The van der Waals surface area contributed by atoms with Gasteiger partial charge in [0.15, 0.2) is 0 Å². The summed E-state index contributed by atoms with van der Waals surface area (Å²) in [7, 11) is 5.64. The van der Waals surface area contributed by atoms with E-state index in [-0.39, 0.29) is 20.1 Å². The monoisotopic (exact) mass is 736 g/mol. The second kappa shape index (κ2) is 15.1. The number of aromatic nitrogens is 6. The van der Waals surface area contributed by atoms with Crippen LogP contribution in [0.2, 0.25) is 0 Å². The van der Waals surface area contributed by atoms with E-state index in [1.807, 2.05) is 127 Å². The third-order valence-electron chi connectivity index (χ3n) is 6.63. The van der Waals surface area contributed by atoms with Gasteiger partial charge in [-0.2, -0.15) is 23.3 Å². The van der Waals surface area contributed by atoms with Gasteiger partial charge in [-0.3, -0.25) is 14.6 Å². The van der Waals surface area contributed by atoms with Crippen LogP contribution in [0.3, 0.4) is 0 Å². The van der Waals surface area contributed by atoms with Crippen LogP contribution in [-0.2, 0) is 34.2 Å². The van der Waals surface area contributed by atoms with E-state index < -0.39 is 0 Å². The summed E-state index contributed by atoms with van der Waals surface area (Å²) >= 11 is 0. The molecule has 0 unspecified atom stereocenters. The summed E-state index contributed by atoms with van der Waals surface area (Å²) in [4.78, 5) is 8.63. The molecule has 0 atom stereocenters. The van der Waals surface area contributed by atoms with E-state index in [1.54, 1.807) is 7.11 Å². The second-order valence-electron chi connectivity index (χ2n) is 9.56. The molecule has 7 nitrogen and oxygen atoms in total. The molecule has 3 aromatic heterocycles. The van der Waals surface area contributed by atoms with Crippen molar-refractivity contribution in [3.8, 4) is 34.0 Å². The van der Waals surface area contributed by atoms with Gasteiger partial charge in [-0.15, -0.1) is 77.9 Å². The standard InChI is InChI=1S/C12H13N2O.2C11H11N2.Ir/c1-9-8-10(2)14(13-9)11-6-4-5-7-12(11)15-3;2*1-9-11(12-8-13(9)2)10-6-4-3-5-7-10;/h4-5,7-8H,1-3H3;2*3-6,8H,1-2H3;/q3*-1;+3. The van der Waals surface area contributed by atoms with E-state index in [0.717, 1.165) is 45.3 Å². The van der Waals surface area contributed by atoms with Crippen molar-refractivity contribution in [3.05, 3.63) is 126 Å². The Morgan fingerprint density at radius 2 is 1.21 bits per heavy atom. The fraction of sp³-hybridized carbons (Fsp3) is 0.206. The molecule has 42 heavy (non-hydrogen) atoms. The zero-order valence-corrected chi connectivity index (χ0v) is 27.4. The fourth-order valence-corrected chi connectivity index (χ4v) is 4.19. The number of para-hydroxylation sites is 1. The molecule has 3 aromatic carbocycles. The summed E-state index contributed by atoms with van der Waals surface area (Å²) in [6, 6.07) is 32.9. The van der Waals surface area contributed by atoms with Gasteiger partial charge >= 0.3 is 20.1 Å². The molecular formula is C34H35IrN6O. The molecule has 3 heterocycles. The molecule has 0 fully saturated rings. The number of nitrogens with zero attached hydrogens (tertiary/aromatic N) is 6. The zero-order valence-electron chi connectivity index (χ0n) is 25.0. The molecule has 0 aliphatic heterocycles. The third kappa shape index (κ3) is 7.72. The molecule has 0 saturated carbocycles.